The van der Waals surface area contributed by atoms with Gasteiger partial charge in [-0.1, -0.05) is 6.92 Å². The number of likely N-dealkylation sites (tertiary alicyclic amines) is 1. The molecule has 7 atom stereocenters. The van der Waals surface area contributed by atoms with E-state index in [1.54, 1.807) is 7.11 Å². The highest BCUT2D eigenvalue weighted by Gasteiger charge is 2.47. The predicted molar refractivity (Wildman–Crippen MR) is 135 cm³/mol. The lowest BCUT2D eigenvalue weighted by Crippen LogP contribution is -2.62. The number of hydrogen-bond donors (Lipinski definition) is 5. The zero-order chi connectivity index (χ0) is 24.3. The van der Waals surface area contributed by atoms with E-state index in [9.17, 15) is 8.42 Å². The Bertz CT molecular complexity index is 749. The third-order valence-corrected chi connectivity index (χ3v) is 10.6. The summed E-state index contributed by atoms with van der Waals surface area (Å²) in [4.78, 5) is 2.63. The third kappa shape index (κ3) is 6.12. The number of nitrogens with one attached hydrogen (secondary N) is 4. The summed E-state index contributed by atoms with van der Waals surface area (Å²) >= 11 is 0. The van der Waals surface area contributed by atoms with Crippen molar-refractivity contribution in [3.63, 3.8) is 0 Å². The van der Waals surface area contributed by atoms with E-state index in [0.717, 1.165) is 44.7 Å². The van der Waals surface area contributed by atoms with Crippen molar-refractivity contribution < 1.29 is 13.2 Å². The van der Waals surface area contributed by atoms with Crippen LogP contribution >= 0.6 is 0 Å². The molecule has 3 aliphatic heterocycles. The fourth-order valence-corrected chi connectivity index (χ4v) is 7.89. The third-order valence-electron chi connectivity index (χ3n) is 8.73. The van der Waals surface area contributed by atoms with Gasteiger partial charge in [-0.2, -0.15) is 0 Å². The number of likely N-dealkylation sites (N-methyl/N-ethyl adjacent to an activating group) is 1. The molecule has 3 heterocycles. The molecule has 0 bridgehead atoms. The Labute approximate surface area is 206 Å². The summed E-state index contributed by atoms with van der Waals surface area (Å²) in [5.41, 5.74) is 9.36. The van der Waals surface area contributed by atoms with E-state index in [1.807, 2.05) is 12.1 Å². The Morgan fingerprint density at radius 1 is 1.18 bits per heavy atom. The van der Waals surface area contributed by atoms with Gasteiger partial charge in [-0.05, 0) is 70.0 Å². The molecule has 0 aromatic carbocycles. The van der Waals surface area contributed by atoms with Crippen molar-refractivity contribution in [3.8, 4) is 0 Å². The maximum Gasteiger partial charge on any atom is 0.217 e. The monoisotopic (exact) mass is 501 g/mol. The first-order valence-corrected chi connectivity index (χ1v) is 14.8. The Kier molecular flexibility index (Phi) is 9.25. The smallest absolute Gasteiger partial charge is 0.217 e. The molecule has 0 radical (unpaired) electrons. The number of fused-ring (bicyclic) bond motifs is 1. The summed E-state index contributed by atoms with van der Waals surface area (Å²) in [6, 6.07) is 0.346. The Morgan fingerprint density at radius 3 is 2.65 bits per heavy atom. The van der Waals surface area contributed by atoms with Crippen molar-refractivity contribution in [1.82, 2.24) is 30.7 Å². The largest absolute Gasteiger partial charge is 0.380 e. The van der Waals surface area contributed by atoms with Crippen molar-refractivity contribution in [1.29, 1.82) is 0 Å². The van der Waals surface area contributed by atoms with Gasteiger partial charge in [0.1, 0.15) is 5.25 Å². The van der Waals surface area contributed by atoms with Gasteiger partial charge in [-0.3, -0.25) is 5.43 Å². The second-order valence-electron chi connectivity index (χ2n) is 10.9. The van der Waals surface area contributed by atoms with Crippen molar-refractivity contribution in [2.24, 2.45) is 17.6 Å². The maximum atomic E-state index is 13.4. The molecule has 198 valence electrons. The second-order valence-corrected chi connectivity index (χ2v) is 12.9. The van der Waals surface area contributed by atoms with E-state index in [-0.39, 0.29) is 30.9 Å². The first-order valence-electron chi connectivity index (χ1n) is 13.2. The summed E-state index contributed by atoms with van der Waals surface area (Å²) in [5, 5.41) is 8.37. The molecule has 0 aromatic rings. The number of piperidine rings is 2. The van der Waals surface area contributed by atoms with Crippen molar-refractivity contribution in [3.05, 3.63) is 0 Å². The SMILES string of the molecule is COC1CCC2CNN(C)C2C1NS(=O)(=O)C(CN)CNC1CC(N2CCC(C)CC2)CCN1. The molecule has 0 amide bonds. The van der Waals surface area contributed by atoms with Crippen LogP contribution in [0.2, 0.25) is 0 Å². The molecule has 3 saturated heterocycles. The molecule has 1 saturated carbocycles. The van der Waals surface area contributed by atoms with Crippen molar-refractivity contribution in [2.75, 3.05) is 53.4 Å². The van der Waals surface area contributed by atoms with Crippen LogP contribution in [0.1, 0.15) is 45.4 Å². The van der Waals surface area contributed by atoms with Gasteiger partial charge in [0.05, 0.1) is 18.3 Å². The second kappa shape index (κ2) is 11.8. The number of nitrogens with two attached hydrogens (primary N) is 1. The van der Waals surface area contributed by atoms with Gasteiger partial charge in [0, 0.05) is 45.9 Å². The first-order chi connectivity index (χ1) is 16.3. The van der Waals surface area contributed by atoms with Gasteiger partial charge in [-0.15, -0.1) is 0 Å². The Hall–Kier alpha value is -0.370. The van der Waals surface area contributed by atoms with Crippen LogP contribution in [0, 0.1) is 11.8 Å². The van der Waals surface area contributed by atoms with Gasteiger partial charge in [0.25, 0.3) is 0 Å². The lowest BCUT2D eigenvalue weighted by atomic mass is 9.80. The molecule has 7 unspecified atom stereocenters. The molecule has 4 aliphatic rings. The van der Waals surface area contributed by atoms with Crippen LogP contribution in [0.25, 0.3) is 0 Å². The number of ether oxygens (including phenoxy) is 1. The number of rotatable bonds is 9. The van der Waals surface area contributed by atoms with Gasteiger partial charge in [0.15, 0.2) is 0 Å². The fourth-order valence-electron chi connectivity index (χ4n) is 6.46. The highest BCUT2D eigenvalue weighted by atomic mass is 32.2. The average molecular weight is 502 g/mol. The minimum Gasteiger partial charge on any atom is -0.380 e. The summed E-state index contributed by atoms with van der Waals surface area (Å²) < 4.78 is 35.6. The predicted octanol–water partition coefficient (Wildman–Crippen LogP) is -0.755. The Balaban J connectivity index is 1.34. The van der Waals surface area contributed by atoms with E-state index < -0.39 is 15.3 Å². The molecular formula is C23H47N7O3S. The summed E-state index contributed by atoms with van der Waals surface area (Å²) in [6.45, 7) is 6.93. The Morgan fingerprint density at radius 2 is 1.94 bits per heavy atom. The van der Waals surface area contributed by atoms with E-state index in [0.29, 0.717) is 18.5 Å². The molecule has 4 fully saturated rings. The molecule has 4 rings (SSSR count). The summed E-state index contributed by atoms with van der Waals surface area (Å²) in [6.07, 6.45) is 6.55. The minimum atomic E-state index is -3.63. The maximum absolute atomic E-state index is 13.4. The van der Waals surface area contributed by atoms with Crippen molar-refractivity contribution in [2.45, 2.75) is 81.1 Å². The molecule has 0 aromatic heterocycles. The molecule has 1 aliphatic carbocycles. The quantitative estimate of drug-likeness (QED) is 0.277. The van der Waals surface area contributed by atoms with E-state index in [1.165, 1.54) is 25.9 Å². The molecule has 6 N–H and O–H groups in total. The number of hydrazine groups is 1. The highest BCUT2D eigenvalue weighted by molar-refractivity contribution is 7.90. The number of sulfonamides is 1. The van der Waals surface area contributed by atoms with Crippen LogP contribution in [-0.4, -0.2) is 107 Å². The van der Waals surface area contributed by atoms with Crippen LogP contribution < -0.4 is 26.5 Å². The molecular weight excluding hydrogens is 454 g/mol. The normalized spacial score (nSPS) is 37.5. The van der Waals surface area contributed by atoms with Gasteiger partial charge >= 0.3 is 0 Å². The zero-order valence-electron chi connectivity index (χ0n) is 21.2. The number of nitrogens with zero attached hydrogens (tertiary/aromatic N) is 2. The number of hydrogen-bond acceptors (Lipinski definition) is 9. The first kappa shape index (κ1) is 26.7. The van der Waals surface area contributed by atoms with Gasteiger partial charge in [-0.25, -0.2) is 18.1 Å². The van der Waals surface area contributed by atoms with Gasteiger partial charge < -0.3 is 26.0 Å². The standard InChI is InChI=1S/C23H47N7O3S/c1-16-7-10-30(11-8-16)18-6-9-25-21(12-18)26-15-19(13-24)34(31,32)28-22-20(33-3)5-4-17-14-27-29(2)23(17)22/h16-23,25-28H,4-15,24H2,1-3H3. The van der Waals surface area contributed by atoms with E-state index >= 15 is 0 Å². The fraction of sp³-hybridized carbons (Fsp3) is 1.00. The van der Waals surface area contributed by atoms with Gasteiger partial charge in [0.2, 0.25) is 10.0 Å². The molecule has 10 nitrogen and oxygen atoms in total. The molecule has 11 heteroatoms. The molecule has 34 heavy (non-hydrogen) atoms. The molecule has 0 spiro atoms. The topological polar surface area (TPSA) is 124 Å². The zero-order valence-corrected chi connectivity index (χ0v) is 22.0. The average Bonchev–Trinajstić information content (AvgIpc) is 3.21. The van der Waals surface area contributed by atoms with E-state index in [4.69, 9.17) is 10.5 Å². The summed E-state index contributed by atoms with van der Waals surface area (Å²) in [5.74, 6) is 1.24. The van der Waals surface area contributed by atoms with Crippen LogP contribution in [0.5, 0.6) is 0 Å². The van der Waals surface area contributed by atoms with Crippen LogP contribution in [0.15, 0.2) is 0 Å². The lowest BCUT2D eigenvalue weighted by molar-refractivity contribution is 0.00328. The van der Waals surface area contributed by atoms with Crippen LogP contribution in [0.4, 0.5) is 0 Å². The van der Waals surface area contributed by atoms with Crippen molar-refractivity contribution >= 4 is 10.0 Å². The highest BCUT2D eigenvalue weighted by Crippen LogP contribution is 2.33. The van der Waals surface area contributed by atoms with Crippen LogP contribution in [-0.2, 0) is 14.8 Å². The minimum absolute atomic E-state index is 0.0767. The summed E-state index contributed by atoms with van der Waals surface area (Å²) in [7, 11) is 0.0294. The van der Waals surface area contributed by atoms with Crippen LogP contribution in [0.3, 0.4) is 0 Å². The number of methoxy groups -OCH3 is 1. The lowest BCUT2D eigenvalue weighted by Gasteiger charge is -2.42. The van der Waals surface area contributed by atoms with E-state index in [2.05, 4.69) is 32.6 Å².